The van der Waals surface area contributed by atoms with Gasteiger partial charge in [0, 0.05) is 20.3 Å². The number of para-hydroxylation sites is 1. The average Bonchev–Trinajstić information content (AvgIpc) is 2.53. The summed E-state index contributed by atoms with van der Waals surface area (Å²) in [5.41, 5.74) is -0.115. The molecule has 0 saturated heterocycles. The first-order valence-corrected chi connectivity index (χ1v) is 8.14. The van der Waals surface area contributed by atoms with Crippen LogP contribution in [0.15, 0.2) is 47.1 Å². The van der Waals surface area contributed by atoms with Crippen LogP contribution in [0.1, 0.15) is 10.4 Å². The number of phenolic OH excluding ortho intramolecular Hbond substituents is 1. The van der Waals surface area contributed by atoms with Crippen molar-refractivity contribution in [2.45, 2.75) is 5.79 Å². The van der Waals surface area contributed by atoms with Gasteiger partial charge in [0.1, 0.15) is 16.4 Å². The Morgan fingerprint density at radius 2 is 1.72 bits per heavy atom. The number of ether oxygens (including phenoxy) is 2. The third-order valence-electron chi connectivity index (χ3n) is 3.65. The van der Waals surface area contributed by atoms with E-state index in [1.807, 2.05) is 0 Å². The quantitative estimate of drug-likeness (QED) is 0.242. The molecule has 0 aromatic heterocycles. The van der Waals surface area contributed by atoms with Crippen LogP contribution in [0.2, 0.25) is 0 Å². The Bertz CT molecular complexity index is 824. The van der Waals surface area contributed by atoms with Crippen molar-refractivity contribution in [2.75, 3.05) is 14.2 Å². The van der Waals surface area contributed by atoms with Crippen molar-refractivity contribution in [3.8, 4) is 5.75 Å². The van der Waals surface area contributed by atoms with Crippen LogP contribution in [-0.4, -0.2) is 49.0 Å². The van der Waals surface area contributed by atoms with Crippen molar-refractivity contribution < 1.29 is 67.0 Å². The van der Waals surface area contributed by atoms with Gasteiger partial charge < -0.3 is 19.7 Å². The van der Waals surface area contributed by atoms with Crippen LogP contribution in [0.25, 0.3) is 0 Å². The maximum absolute atomic E-state index is 12.5. The monoisotopic (exact) mass is 379 g/mol. The minimum Gasteiger partial charge on any atom is -0.511 e. The zero-order valence-corrected chi connectivity index (χ0v) is 16.6. The number of carbonyl (C=O) groups excluding carboxylic acids is 1. The number of Topliss-reactive ketones (excluding diaryl/α,β-unsaturated/α-hetero) is 1. The predicted molar refractivity (Wildman–Crippen MR) is 83.0 cm³/mol. The molecular weight excluding hydrogens is 363 g/mol. The van der Waals surface area contributed by atoms with Gasteiger partial charge in [-0.3, -0.25) is 9.35 Å². The smallest absolute Gasteiger partial charge is 0.511 e. The first-order chi connectivity index (χ1) is 11.2. The second-order valence-electron chi connectivity index (χ2n) is 5.01. The number of carbonyl (C=O) groups is 1. The first-order valence-electron chi connectivity index (χ1n) is 6.70. The molecule has 25 heavy (non-hydrogen) atoms. The van der Waals surface area contributed by atoms with Crippen molar-refractivity contribution in [3.05, 3.63) is 52.6 Å². The molecule has 0 amide bonds. The fourth-order valence-corrected chi connectivity index (χ4v) is 3.33. The van der Waals surface area contributed by atoms with Gasteiger partial charge in [-0.05, 0) is 18.2 Å². The summed E-state index contributed by atoms with van der Waals surface area (Å²) in [6, 6.07) is 5.60. The normalized spacial score (nSPS) is 19.4. The van der Waals surface area contributed by atoms with E-state index in [0.717, 1.165) is 26.4 Å². The minimum absolute atomic E-state index is 0. The van der Waals surface area contributed by atoms with Crippen LogP contribution in [0.4, 0.5) is 0 Å². The Morgan fingerprint density at radius 3 is 2.20 bits per heavy atom. The van der Waals surface area contributed by atoms with Crippen LogP contribution < -0.4 is 29.6 Å². The predicted octanol–water partition coefficient (Wildman–Crippen LogP) is -1.59. The molecule has 0 fully saturated rings. The summed E-state index contributed by atoms with van der Waals surface area (Å²) >= 11 is 0. The minimum atomic E-state index is -4.80. The Morgan fingerprint density at radius 1 is 1.16 bits per heavy atom. The van der Waals surface area contributed by atoms with E-state index in [0.29, 0.717) is 0 Å². The molecule has 0 bridgehead atoms. The molecule has 0 radical (unpaired) electrons. The van der Waals surface area contributed by atoms with Gasteiger partial charge in [-0.2, -0.15) is 8.42 Å². The molecule has 10 heteroatoms. The molecule has 0 saturated carbocycles. The Hall–Kier alpha value is -1.20. The van der Waals surface area contributed by atoms with Gasteiger partial charge in [0.15, 0.2) is 5.78 Å². The summed E-state index contributed by atoms with van der Waals surface area (Å²) in [5.74, 6) is -5.13. The fraction of sp³-hybridized carbons (Fsp3) is 0.267. The average molecular weight is 379 g/mol. The molecule has 130 valence electrons. The summed E-state index contributed by atoms with van der Waals surface area (Å²) < 4.78 is 42.7. The van der Waals surface area contributed by atoms with E-state index in [4.69, 9.17) is 9.47 Å². The molecular formula is C15H16NaO8S+. The molecule has 1 unspecified atom stereocenters. The van der Waals surface area contributed by atoms with Crippen LogP contribution in [0.3, 0.4) is 0 Å². The van der Waals surface area contributed by atoms with E-state index in [9.17, 15) is 28.0 Å². The van der Waals surface area contributed by atoms with Crippen molar-refractivity contribution >= 4 is 15.9 Å². The molecule has 1 aromatic rings. The van der Waals surface area contributed by atoms with E-state index < -0.39 is 38.3 Å². The maximum Gasteiger partial charge on any atom is 1.00 e. The molecule has 2 rings (SSSR count). The standard InChI is InChI=1S/C15H16O8S.Na/c1-22-15(23-2)8-12(17)10(7-13(15)24(19,20)21)14(18)9-5-3-4-6-11(9)16;/h3-8,10,16-17H,1-2H3,(H,19,20,21);/q;+1. The zero-order valence-electron chi connectivity index (χ0n) is 13.8. The summed E-state index contributed by atoms with van der Waals surface area (Å²) in [6.45, 7) is 0. The second-order valence-corrected chi connectivity index (χ2v) is 6.40. The van der Waals surface area contributed by atoms with Crippen molar-refractivity contribution in [1.82, 2.24) is 0 Å². The summed E-state index contributed by atoms with van der Waals surface area (Å²) in [6.07, 6.45) is 1.70. The third-order valence-corrected chi connectivity index (χ3v) is 4.63. The number of ketones is 1. The number of aromatic hydroxyl groups is 1. The van der Waals surface area contributed by atoms with E-state index in [1.165, 1.54) is 24.3 Å². The van der Waals surface area contributed by atoms with E-state index >= 15 is 0 Å². The van der Waals surface area contributed by atoms with E-state index in [-0.39, 0.29) is 40.9 Å². The molecule has 1 aliphatic carbocycles. The molecule has 3 N–H and O–H groups in total. The Balaban J connectivity index is 0.00000312. The van der Waals surface area contributed by atoms with Gasteiger partial charge in [-0.1, -0.05) is 12.1 Å². The fourth-order valence-electron chi connectivity index (χ4n) is 2.44. The topological polar surface area (TPSA) is 130 Å². The number of methoxy groups -OCH3 is 2. The Kier molecular flexibility index (Phi) is 6.99. The number of rotatable bonds is 5. The number of benzene rings is 1. The first kappa shape index (κ1) is 21.8. The number of hydrogen-bond donors (Lipinski definition) is 3. The van der Waals surface area contributed by atoms with E-state index in [1.54, 1.807) is 0 Å². The number of aliphatic hydroxyl groups excluding tert-OH is 1. The molecule has 0 aliphatic heterocycles. The summed E-state index contributed by atoms with van der Waals surface area (Å²) in [4.78, 5) is 11.8. The van der Waals surface area contributed by atoms with Crippen molar-refractivity contribution in [2.24, 2.45) is 5.92 Å². The van der Waals surface area contributed by atoms with Gasteiger partial charge in [-0.15, -0.1) is 0 Å². The zero-order chi connectivity index (χ0) is 18.1. The molecule has 0 heterocycles. The number of hydrogen-bond acceptors (Lipinski definition) is 7. The molecule has 1 atom stereocenters. The molecule has 1 aromatic carbocycles. The third kappa shape index (κ3) is 4.14. The van der Waals surface area contributed by atoms with Gasteiger partial charge in [0.25, 0.3) is 10.1 Å². The van der Waals surface area contributed by atoms with Gasteiger partial charge >= 0.3 is 29.6 Å². The maximum atomic E-state index is 12.5. The molecule has 8 nitrogen and oxygen atoms in total. The summed E-state index contributed by atoms with van der Waals surface area (Å²) in [7, 11) is -2.58. The number of phenols is 1. The van der Waals surface area contributed by atoms with Crippen molar-refractivity contribution in [1.29, 1.82) is 0 Å². The van der Waals surface area contributed by atoms with Gasteiger partial charge in [0.2, 0.25) is 5.79 Å². The van der Waals surface area contributed by atoms with Gasteiger partial charge in [-0.25, -0.2) is 0 Å². The Labute approximate surface area is 166 Å². The number of aliphatic hydroxyl groups is 1. The molecule has 0 spiro atoms. The second kappa shape index (κ2) is 8.00. The van der Waals surface area contributed by atoms with Crippen LogP contribution >= 0.6 is 0 Å². The summed E-state index contributed by atoms with van der Waals surface area (Å²) in [5, 5.41) is 19.9. The van der Waals surface area contributed by atoms with E-state index in [2.05, 4.69) is 0 Å². The number of allylic oxidation sites excluding steroid dienone is 1. The van der Waals surface area contributed by atoms with Crippen LogP contribution in [-0.2, 0) is 19.6 Å². The SMILES string of the molecule is COC1(OC)C=C(O)C(C(=O)c2ccccc2O)C=C1S(=O)(=O)O.[Na+]. The largest absolute Gasteiger partial charge is 1.00 e. The van der Waals surface area contributed by atoms with Gasteiger partial charge in [0.05, 0.1) is 11.5 Å². The van der Waals surface area contributed by atoms with Crippen molar-refractivity contribution in [3.63, 3.8) is 0 Å². The molecule has 1 aliphatic rings. The van der Waals surface area contributed by atoms with Crippen LogP contribution in [0, 0.1) is 5.92 Å². The van der Waals surface area contributed by atoms with Crippen LogP contribution in [0.5, 0.6) is 5.75 Å².